The molecule has 0 heterocycles. The zero-order valence-corrected chi connectivity index (χ0v) is 30.4. The van der Waals surface area contributed by atoms with E-state index in [0.717, 1.165) is 38.5 Å². The predicted octanol–water partition coefficient (Wildman–Crippen LogP) is 12.1. The van der Waals surface area contributed by atoms with Gasteiger partial charge in [0.2, 0.25) is 5.91 Å². The maximum absolute atomic E-state index is 12.3. The number of aliphatic hydroxyl groups is 2. The van der Waals surface area contributed by atoms with Gasteiger partial charge in [0.05, 0.1) is 18.8 Å². The normalized spacial score (nSPS) is 13.2. The van der Waals surface area contributed by atoms with Crippen molar-refractivity contribution in [3.63, 3.8) is 0 Å². The van der Waals surface area contributed by atoms with Crippen molar-refractivity contribution < 1.29 is 15.0 Å². The molecule has 4 nitrogen and oxygen atoms in total. The Labute approximate surface area is 281 Å². The van der Waals surface area contributed by atoms with Crippen LogP contribution < -0.4 is 5.32 Å². The van der Waals surface area contributed by atoms with Gasteiger partial charge in [-0.3, -0.25) is 4.79 Å². The second kappa shape index (κ2) is 37.3. The zero-order valence-electron chi connectivity index (χ0n) is 30.4. The Morgan fingerprint density at radius 2 is 0.844 bits per heavy atom. The van der Waals surface area contributed by atoms with Gasteiger partial charge in [-0.25, -0.2) is 0 Å². The van der Waals surface area contributed by atoms with E-state index in [2.05, 4.69) is 31.3 Å². The maximum atomic E-state index is 12.3. The molecule has 45 heavy (non-hydrogen) atoms. The van der Waals surface area contributed by atoms with Gasteiger partial charge in [-0.1, -0.05) is 186 Å². The Balaban J connectivity index is 3.58. The van der Waals surface area contributed by atoms with Crippen molar-refractivity contribution in [3.8, 4) is 0 Å². The summed E-state index contributed by atoms with van der Waals surface area (Å²) in [5.74, 6) is -0.0800. The van der Waals surface area contributed by atoms with Crippen LogP contribution in [0, 0.1) is 0 Å². The van der Waals surface area contributed by atoms with Crippen molar-refractivity contribution in [3.05, 3.63) is 24.3 Å². The van der Waals surface area contributed by atoms with E-state index in [4.69, 9.17) is 0 Å². The first-order chi connectivity index (χ1) is 22.2. The minimum atomic E-state index is -0.841. The van der Waals surface area contributed by atoms with Gasteiger partial charge < -0.3 is 15.5 Å². The van der Waals surface area contributed by atoms with Crippen LogP contribution in [-0.4, -0.2) is 34.9 Å². The van der Waals surface area contributed by atoms with Gasteiger partial charge in [-0.05, 0) is 44.9 Å². The van der Waals surface area contributed by atoms with Crippen LogP contribution in [-0.2, 0) is 4.79 Å². The third-order valence-electron chi connectivity index (χ3n) is 9.18. The van der Waals surface area contributed by atoms with Gasteiger partial charge in [0.15, 0.2) is 0 Å². The second-order valence-electron chi connectivity index (χ2n) is 13.7. The molecular formula is C41H79NO3. The van der Waals surface area contributed by atoms with Crippen LogP contribution in [0.15, 0.2) is 24.3 Å². The summed E-state index contributed by atoms with van der Waals surface area (Å²) < 4.78 is 0. The van der Waals surface area contributed by atoms with Crippen molar-refractivity contribution in [1.29, 1.82) is 0 Å². The molecule has 2 unspecified atom stereocenters. The fourth-order valence-corrected chi connectivity index (χ4v) is 6.05. The Morgan fingerprint density at radius 3 is 1.22 bits per heavy atom. The minimum absolute atomic E-state index is 0.0800. The third kappa shape index (κ3) is 34.0. The molecular weight excluding hydrogens is 554 g/mol. The van der Waals surface area contributed by atoms with Gasteiger partial charge in [0.25, 0.3) is 0 Å². The lowest BCUT2D eigenvalue weighted by Crippen LogP contribution is -2.45. The lowest BCUT2D eigenvalue weighted by molar-refractivity contribution is -0.123. The van der Waals surface area contributed by atoms with Crippen molar-refractivity contribution in [2.24, 2.45) is 0 Å². The molecule has 0 aliphatic heterocycles. The van der Waals surface area contributed by atoms with Crippen LogP contribution in [0.25, 0.3) is 0 Å². The number of allylic oxidation sites excluding steroid dienone is 3. The number of nitrogens with one attached hydrogen (secondary N) is 1. The average molecular weight is 634 g/mol. The Hall–Kier alpha value is -1.13. The average Bonchev–Trinajstić information content (AvgIpc) is 3.04. The summed E-state index contributed by atoms with van der Waals surface area (Å²) in [7, 11) is 0. The molecule has 4 heteroatoms. The maximum Gasteiger partial charge on any atom is 0.220 e. The van der Waals surface area contributed by atoms with Crippen molar-refractivity contribution in [2.45, 2.75) is 225 Å². The second-order valence-corrected chi connectivity index (χ2v) is 13.7. The highest BCUT2D eigenvalue weighted by Gasteiger charge is 2.17. The van der Waals surface area contributed by atoms with Crippen LogP contribution >= 0.6 is 0 Å². The number of rotatable bonds is 36. The van der Waals surface area contributed by atoms with Crippen molar-refractivity contribution >= 4 is 5.91 Å². The van der Waals surface area contributed by atoms with Gasteiger partial charge in [-0.15, -0.1) is 0 Å². The first-order valence-corrected chi connectivity index (χ1v) is 20.1. The molecule has 266 valence electrons. The number of carbonyl (C=O) groups excluding carboxylic acids is 1. The quantitative estimate of drug-likeness (QED) is 0.0475. The largest absolute Gasteiger partial charge is 0.394 e. The fraction of sp³-hybridized carbons (Fsp3) is 0.878. The van der Waals surface area contributed by atoms with Gasteiger partial charge >= 0.3 is 0 Å². The van der Waals surface area contributed by atoms with E-state index < -0.39 is 12.1 Å². The van der Waals surface area contributed by atoms with E-state index in [1.807, 2.05) is 6.08 Å². The number of hydrogen-bond acceptors (Lipinski definition) is 3. The van der Waals surface area contributed by atoms with E-state index in [9.17, 15) is 15.0 Å². The Kier molecular flexibility index (Phi) is 36.4. The van der Waals surface area contributed by atoms with E-state index in [0.29, 0.717) is 6.42 Å². The first kappa shape index (κ1) is 43.9. The summed E-state index contributed by atoms with van der Waals surface area (Å²) in [6.07, 6.45) is 47.0. The van der Waals surface area contributed by atoms with Gasteiger partial charge in [0, 0.05) is 6.42 Å². The summed E-state index contributed by atoms with van der Waals surface area (Å²) in [4.78, 5) is 12.3. The molecule has 0 saturated heterocycles. The fourth-order valence-electron chi connectivity index (χ4n) is 6.05. The molecule has 0 radical (unpaired) electrons. The standard InChI is InChI=1S/C41H79NO3/c1-3-5-7-9-11-13-15-17-18-19-20-21-22-23-25-26-28-30-32-34-36-40(44)39(38-43)42-41(45)37-35-33-31-29-27-24-16-14-12-10-8-6-4-2/h24,27,34,36,39-40,43-44H,3-23,25-26,28-33,35,37-38H2,1-2H3,(H,42,45)/b27-24-,36-34+. The highest BCUT2D eigenvalue weighted by molar-refractivity contribution is 5.76. The van der Waals surface area contributed by atoms with Crippen LogP contribution in [0.3, 0.4) is 0 Å². The molecule has 0 aliphatic rings. The number of unbranched alkanes of at least 4 members (excludes halogenated alkanes) is 27. The van der Waals surface area contributed by atoms with Crippen LogP contribution in [0.4, 0.5) is 0 Å². The van der Waals surface area contributed by atoms with Gasteiger partial charge in [0.1, 0.15) is 0 Å². The molecule has 0 fully saturated rings. The molecule has 0 rings (SSSR count). The van der Waals surface area contributed by atoms with E-state index >= 15 is 0 Å². The summed E-state index contributed by atoms with van der Waals surface area (Å²) in [6, 6.07) is -0.626. The smallest absolute Gasteiger partial charge is 0.220 e. The van der Waals surface area contributed by atoms with Crippen LogP contribution in [0.2, 0.25) is 0 Å². The number of amides is 1. The lowest BCUT2D eigenvalue weighted by Gasteiger charge is -2.19. The molecule has 0 saturated carbocycles. The zero-order chi connectivity index (χ0) is 32.9. The van der Waals surface area contributed by atoms with Crippen molar-refractivity contribution in [2.75, 3.05) is 6.61 Å². The number of hydrogen-bond donors (Lipinski definition) is 3. The Bertz CT molecular complexity index is 647. The minimum Gasteiger partial charge on any atom is -0.394 e. The molecule has 1 amide bonds. The third-order valence-corrected chi connectivity index (χ3v) is 9.18. The highest BCUT2D eigenvalue weighted by atomic mass is 16.3. The molecule has 0 aromatic rings. The Morgan fingerprint density at radius 1 is 0.511 bits per heavy atom. The number of carbonyl (C=O) groups is 1. The predicted molar refractivity (Wildman–Crippen MR) is 198 cm³/mol. The first-order valence-electron chi connectivity index (χ1n) is 20.1. The van der Waals surface area contributed by atoms with E-state index in [-0.39, 0.29) is 12.5 Å². The molecule has 3 N–H and O–H groups in total. The topological polar surface area (TPSA) is 69.6 Å². The highest BCUT2D eigenvalue weighted by Crippen LogP contribution is 2.15. The molecule has 0 aliphatic carbocycles. The van der Waals surface area contributed by atoms with Crippen LogP contribution in [0.1, 0.15) is 213 Å². The SMILES string of the molecule is CCCCCCCC/C=C\CCCCCC(=O)NC(CO)C(O)/C=C/CCCCCCCCCCCCCCCCCCCC. The molecule has 0 aromatic carbocycles. The molecule has 0 aromatic heterocycles. The van der Waals surface area contributed by atoms with Crippen molar-refractivity contribution in [1.82, 2.24) is 5.32 Å². The number of aliphatic hydroxyl groups excluding tert-OH is 2. The monoisotopic (exact) mass is 634 g/mol. The summed E-state index contributed by atoms with van der Waals surface area (Å²) in [6.45, 7) is 4.29. The molecule has 0 spiro atoms. The summed E-state index contributed by atoms with van der Waals surface area (Å²) in [5, 5.41) is 22.9. The summed E-state index contributed by atoms with van der Waals surface area (Å²) in [5.41, 5.74) is 0. The van der Waals surface area contributed by atoms with Crippen LogP contribution in [0.5, 0.6) is 0 Å². The van der Waals surface area contributed by atoms with E-state index in [1.54, 1.807) is 6.08 Å². The van der Waals surface area contributed by atoms with E-state index in [1.165, 1.54) is 154 Å². The molecule has 0 bridgehead atoms. The van der Waals surface area contributed by atoms with Gasteiger partial charge in [-0.2, -0.15) is 0 Å². The lowest BCUT2D eigenvalue weighted by atomic mass is 10.0. The summed E-state index contributed by atoms with van der Waals surface area (Å²) >= 11 is 0. The molecule has 2 atom stereocenters.